The molecule has 5 atom stereocenters. The van der Waals surface area contributed by atoms with Gasteiger partial charge in [-0.3, -0.25) is 4.79 Å². The van der Waals surface area contributed by atoms with E-state index in [-0.39, 0.29) is 23.6 Å². The number of esters is 1. The Bertz CT molecular complexity index is 929. The van der Waals surface area contributed by atoms with Gasteiger partial charge in [0.15, 0.2) is 0 Å². The summed E-state index contributed by atoms with van der Waals surface area (Å²) in [6.07, 6.45) is 4.24. The number of ether oxygens (including phenoxy) is 2. The zero-order chi connectivity index (χ0) is 23.8. The molecule has 2 aliphatic heterocycles. The second-order valence-corrected chi connectivity index (χ2v) is 7.72. The number of carbonyl (C=O) groups is 2. The first kappa shape index (κ1) is 24.4. The third kappa shape index (κ3) is 6.88. The number of benzene rings is 1. The molecule has 0 aliphatic carbocycles. The van der Waals surface area contributed by atoms with Gasteiger partial charge in [-0.05, 0) is 30.5 Å². The van der Waals surface area contributed by atoms with Gasteiger partial charge in [0.1, 0.15) is 42.8 Å². The van der Waals surface area contributed by atoms with Crippen molar-refractivity contribution in [2.75, 3.05) is 13.7 Å². The van der Waals surface area contributed by atoms with Crippen molar-refractivity contribution in [3.63, 3.8) is 0 Å². The van der Waals surface area contributed by atoms with E-state index in [4.69, 9.17) is 9.47 Å². The van der Waals surface area contributed by atoms with Crippen molar-refractivity contribution in [2.24, 2.45) is 5.16 Å². The number of phenolic OH excluding ortho intramolecular Hbond substituents is 1. The second-order valence-electron chi connectivity index (χ2n) is 7.72. The Balaban J connectivity index is 1.66. The molecule has 2 heterocycles. The van der Waals surface area contributed by atoms with Crippen molar-refractivity contribution >= 4 is 24.2 Å². The van der Waals surface area contributed by atoms with E-state index in [9.17, 15) is 24.9 Å². The van der Waals surface area contributed by atoms with Crippen LogP contribution < -0.4 is 5.32 Å². The first-order valence-corrected chi connectivity index (χ1v) is 10.6. The number of amides is 1. The van der Waals surface area contributed by atoms with E-state index in [1.165, 1.54) is 43.7 Å². The van der Waals surface area contributed by atoms with Crippen molar-refractivity contribution in [3.8, 4) is 5.75 Å². The fourth-order valence-corrected chi connectivity index (χ4v) is 3.62. The lowest BCUT2D eigenvalue weighted by Gasteiger charge is -2.22. The Labute approximate surface area is 191 Å². The topological polar surface area (TPSA) is 150 Å². The molecule has 10 nitrogen and oxygen atoms in total. The van der Waals surface area contributed by atoms with Gasteiger partial charge in [0, 0.05) is 19.0 Å². The maximum atomic E-state index is 12.9. The number of rotatable bonds is 7. The van der Waals surface area contributed by atoms with E-state index < -0.39 is 36.5 Å². The number of nitrogens with zero attached hydrogens (tertiary/aromatic N) is 1. The predicted octanol–water partition coefficient (Wildman–Crippen LogP) is 0.909. The van der Waals surface area contributed by atoms with Crippen LogP contribution in [-0.4, -0.2) is 77.6 Å². The molecule has 33 heavy (non-hydrogen) atoms. The molecule has 10 heteroatoms. The van der Waals surface area contributed by atoms with E-state index in [1.807, 2.05) is 0 Å². The summed E-state index contributed by atoms with van der Waals surface area (Å²) in [5.74, 6) is -1.30. The van der Waals surface area contributed by atoms with Crippen molar-refractivity contribution < 1.29 is 39.2 Å². The van der Waals surface area contributed by atoms with E-state index in [0.29, 0.717) is 24.9 Å². The van der Waals surface area contributed by atoms with Gasteiger partial charge in [0.25, 0.3) is 0 Å². The SMILES string of the molecule is CO/N=C/C=C/C(=O)NCCCC1CC(O)C2OC2C(O)/C=C\c2cccc(O)c2C(=O)O1. The summed E-state index contributed by atoms with van der Waals surface area (Å²) >= 11 is 0. The van der Waals surface area contributed by atoms with Gasteiger partial charge < -0.3 is 34.9 Å². The standard InChI is InChI=1S/C23H28N2O8/c1-31-25-12-4-8-19(29)24-11-3-6-15-13-18(28)22-21(33-22)17(27)10-9-14-5-2-7-16(26)20(14)23(30)32-15/h2,4-5,7-10,12,15,17-18,21-22,26-28H,3,6,11,13H2,1H3,(H,24,29)/b8-4+,10-9-,25-12+. The molecule has 3 rings (SSSR count). The monoisotopic (exact) mass is 460 g/mol. The molecule has 1 saturated heterocycles. The summed E-state index contributed by atoms with van der Waals surface area (Å²) in [5, 5.41) is 37.2. The van der Waals surface area contributed by atoms with Crippen LogP contribution in [-0.2, 0) is 19.1 Å². The second kappa shape index (κ2) is 11.6. The van der Waals surface area contributed by atoms with E-state index >= 15 is 0 Å². The highest BCUT2D eigenvalue weighted by Gasteiger charge is 2.48. The number of cyclic esters (lactones) is 1. The Morgan fingerprint density at radius 2 is 2.15 bits per heavy atom. The molecule has 1 aromatic rings. The summed E-state index contributed by atoms with van der Waals surface area (Å²) in [7, 11) is 1.39. The van der Waals surface area contributed by atoms with Crippen LogP contribution in [0.4, 0.5) is 0 Å². The highest BCUT2D eigenvalue weighted by atomic mass is 16.6. The molecular weight excluding hydrogens is 432 g/mol. The molecular formula is C23H28N2O8. The molecule has 5 unspecified atom stereocenters. The largest absolute Gasteiger partial charge is 0.507 e. The van der Waals surface area contributed by atoms with Crippen molar-refractivity contribution in [1.29, 1.82) is 0 Å². The number of aliphatic hydroxyl groups excluding tert-OH is 2. The zero-order valence-electron chi connectivity index (χ0n) is 18.2. The minimum absolute atomic E-state index is 0.0227. The van der Waals surface area contributed by atoms with E-state index in [1.54, 1.807) is 12.1 Å². The molecule has 0 saturated carbocycles. The molecule has 178 valence electrons. The summed E-state index contributed by atoms with van der Waals surface area (Å²) in [6.45, 7) is 0.320. The number of epoxide rings is 1. The van der Waals surface area contributed by atoms with Crippen molar-refractivity contribution in [1.82, 2.24) is 5.32 Å². The van der Waals surface area contributed by atoms with Gasteiger partial charge in [-0.15, -0.1) is 0 Å². The Morgan fingerprint density at radius 3 is 2.94 bits per heavy atom. The van der Waals surface area contributed by atoms with Gasteiger partial charge in [-0.2, -0.15) is 0 Å². The summed E-state index contributed by atoms with van der Waals surface area (Å²) in [4.78, 5) is 29.1. The van der Waals surface area contributed by atoms with Crippen LogP contribution in [0.3, 0.4) is 0 Å². The van der Waals surface area contributed by atoms with Gasteiger partial charge >= 0.3 is 5.97 Å². The third-order valence-electron chi connectivity index (χ3n) is 5.31. The minimum atomic E-state index is -0.967. The van der Waals surface area contributed by atoms with Crippen LogP contribution in [0.2, 0.25) is 0 Å². The number of hydrogen-bond acceptors (Lipinski definition) is 9. The summed E-state index contributed by atoms with van der Waals surface area (Å²) in [6, 6.07) is 4.58. The number of carbonyl (C=O) groups excluding carboxylic acids is 2. The third-order valence-corrected chi connectivity index (χ3v) is 5.31. The fraction of sp³-hybridized carbons (Fsp3) is 0.435. The lowest BCUT2D eigenvalue weighted by molar-refractivity contribution is -0.116. The van der Waals surface area contributed by atoms with Gasteiger partial charge in [-0.1, -0.05) is 29.4 Å². The average molecular weight is 460 g/mol. The molecule has 0 bridgehead atoms. The zero-order valence-corrected chi connectivity index (χ0v) is 18.2. The quantitative estimate of drug-likeness (QED) is 0.117. The molecule has 2 aliphatic rings. The number of phenols is 1. The van der Waals surface area contributed by atoms with Crippen LogP contribution in [0.15, 0.2) is 41.6 Å². The van der Waals surface area contributed by atoms with Crippen LogP contribution in [0.5, 0.6) is 5.75 Å². The maximum Gasteiger partial charge on any atom is 0.342 e. The normalized spacial score (nSPS) is 28.2. The molecule has 4 N–H and O–H groups in total. The number of fused-ring (bicyclic) bond motifs is 2. The number of hydrogen-bond donors (Lipinski definition) is 4. The number of aliphatic hydroxyl groups is 2. The lowest BCUT2D eigenvalue weighted by atomic mass is 9.99. The van der Waals surface area contributed by atoms with E-state index in [0.717, 1.165) is 0 Å². The highest BCUT2D eigenvalue weighted by molar-refractivity contribution is 5.96. The minimum Gasteiger partial charge on any atom is -0.507 e. The van der Waals surface area contributed by atoms with Crippen LogP contribution in [0, 0.1) is 0 Å². The predicted molar refractivity (Wildman–Crippen MR) is 119 cm³/mol. The van der Waals surface area contributed by atoms with Crippen molar-refractivity contribution in [3.05, 3.63) is 47.6 Å². The fourth-order valence-electron chi connectivity index (χ4n) is 3.62. The van der Waals surface area contributed by atoms with Gasteiger partial charge in [-0.25, -0.2) is 4.79 Å². The average Bonchev–Trinajstić information content (AvgIpc) is 3.58. The molecule has 0 aromatic heterocycles. The molecule has 0 radical (unpaired) electrons. The van der Waals surface area contributed by atoms with Crippen molar-refractivity contribution in [2.45, 2.75) is 49.8 Å². The molecule has 1 aromatic carbocycles. The van der Waals surface area contributed by atoms with Crippen LogP contribution >= 0.6 is 0 Å². The van der Waals surface area contributed by atoms with Gasteiger partial charge in [0.05, 0.1) is 12.3 Å². The first-order valence-electron chi connectivity index (χ1n) is 10.6. The summed E-state index contributed by atoms with van der Waals surface area (Å²) in [5.41, 5.74) is 0.373. The highest BCUT2D eigenvalue weighted by Crippen LogP contribution is 2.33. The molecule has 0 spiro atoms. The first-order chi connectivity index (χ1) is 15.9. The Kier molecular flexibility index (Phi) is 8.58. The van der Waals surface area contributed by atoms with E-state index in [2.05, 4.69) is 15.3 Å². The smallest absolute Gasteiger partial charge is 0.342 e. The number of aromatic hydroxyl groups is 1. The lowest BCUT2D eigenvalue weighted by Crippen LogP contribution is -2.31. The number of nitrogens with one attached hydrogen (secondary N) is 1. The summed E-state index contributed by atoms with van der Waals surface area (Å²) < 4.78 is 11.1. The van der Waals surface area contributed by atoms with Gasteiger partial charge in [0.2, 0.25) is 5.91 Å². The van der Waals surface area contributed by atoms with Crippen LogP contribution in [0.1, 0.15) is 35.2 Å². The Hall–Kier alpha value is -3.21. The Morgan fingerprint density at radius 1 is 1.33 bits per heavy atom. The number of oxime groups is 1. The molecule has 1 fully saturated rings. The van der Waals surface area contributed by atoms with Crippen LogP contribution in [0.25, 0.3) is 6.08 Å². The molecule has 1 amide bonds. The maximum absolute atomic E-state index is 12.9. The number of allylic oxidation sites excluding steroid dienone is 1.